The minimum atomic E-state index is -1.12. The third kappa shape index (κ3) is 5.36. The fourth-order valence-corrected chi connectivity index (χ4v) is 2.48. The average Bonchev–Trinajstić information content (AvgIpc) is 3.28. The summed E-state index contributed by atoms with van der Waals surface area (Å²) < 4.78 is 11.3. The molecule has 2 N–H and O–H groups in total. The predicted octanol–water partition coefficient (Wildman–Crippen LogP) is 2.10. The molecule has 1 aliphatic carbocycles. The van der Waals surface area contributed by atoms with Crippen LogP contribution in [0, 0.1) is 0 Å². The zero-order valence-electron chi connectivity index (χ0n) is 12.9. The van der Waals surface area contributed by atoms with E-state index in [-0.39, 0.29) is 11.5 Å². The molecule has 23 heavy (non-hydrogen) atoms. The van der Waals surface area contributed by atoms with Gasteiger partial charge in [-0.3, -0.25) is 4.68 Å². The average molecular weight is 391 g/mol. The molecule has 0 aliphatic heterocycles. The number of carbonyl (C=O) groups is 2. The molecule has 1 heterocycles. The predicted molar refractivity (Wildman–Crippen MR) is 84.5 cm³/mol. The third-order valence-electron chi connectivity index (χ3n) is 3.08. The summed E-state index contributed by atoms with van der Waals surface area (Å²) in [5.41, 5.74) is 1.09. The first-order valence-corrected chi connectivity index (χ1v) is 7.57. The molecule has 0 saturated heterocycles. The first kappa shape index (κ1) is 19.2. The zero-order valence-corrected chi connectivity index (χ0v) is 14.5. The maximum atomic E-state index is 11.1. The monoisotopic (exact) mass is 390 g/mol. The van der Waals surface area contributed by atoms with Gasteiger partial charge in [-0.15, -0.1) is 0 Å². The van der Waals surface area contributed by atoms with Crippen LogP contribution in [0.5, 0.6) is 0 Å². The second-order valence-corrected chi connectivity index (χ2v) is 5.57. The Bertz CT molecular complexity index is 594. The molecule has 128 valence electrons. The SMILES string of the molecule is C=C(OC)C(=O)O.COCCn1nc(C2CC2)c(Br)c1C(=O)O. The Labute approximate surface area is 141 Å². The fourth-order valence-electron chi connectivity index (χ4n) is 1.71. The summed E-state index contributed by atoms with van der Waals surface area (Å²) in [5.74, 6) is -1.89. The minimum absolute atomic E-state index is 0.221. The van der Waals surface area contributed by atoms with E-state index in [0.29, 0.717) is 23.5 Å². The summed E-state index contributed by atoms with van der Waals surface area (Å²) in [6.07, 6.45) is 2.19. The van der Waals surface area contributed by atoms with E-state index in [9.17, 15) is 9.59 Å². The number of ether oxygens (including phenoxy) is 2. The zero-order chi connectivity index (χ0) is 17.6. The van der Waals surface area contributed by atoms with Crippen LogP contribution in [0.1, 0.15) is 34.9 Å². The van der Waals surface area contributed by atoms with Gasteiger partial charge < -0.3 is 19.7 Å². The molecule has 1 fully saturated rings. The molecule has 0 aromatic carbocycles. The Kier molecular flexibility index (Phi) is 7.24. The molecule has 0 amide bonds. The molecule has 1 aromatic heterocycles. The summed E-state index contributed by atoms with van der Waals surface area (Å²) in [6, 6.07) is 0. The molecule has 1 saturated carbocycles. The molecule has 9 heteroatoms. The van der Waals surface area contributed by atoms with Crippen molar-refractivity contribution >= 4 is 27.9 Å². The van der Waals surface area contributed by atoms with Crippen LogP contribution in [0.25, 0.3) is 0 Å². The van der Waals surface area contributed by atoms with E-state index in [4.69, 9.17) is 14.9 Å². The van der Waals surface area contributed by atoms with Gasteiger partial charge in [0, 0.05) is 13.0 Å². The van der Waals surface area contributed by atoms with Crippen LogP contribution >= 0.6 is 15.9 Å². The maximum Gasteiger partial charge on any atom is 0.370 e. The number of hydrogen-bond acceptors (Lipinski definition) is 5. The van der Waals surface area contributed by atoms with Crippen molar-refractivity contribution in [3.8, 4) is 0 Å². The Morgan fingerprint density at radius 3 is 2.35 bits per heavy atom. The van der Waals surface area contributed by atoms with Crippen molar-refractivity contribution in [3.63, 3.8) is 0 Å². The fraction of sp³-hybridized carbons (Fsp3) is 0.500. The number of nitrogens with zero attached hydrogens (tertiary/aromatic N) is 2. The third-order valence-corrected chi connectivity index (χ3v) is 3.86. The highest BCUT2D eigenvalue weighted by atomic mass is 79.9. The van der Waals surface area contributed by atoms with Crippen molar-refractivity contribution in [2.75, 3.05) is 20.8 Å². The van der Waals surface area contributed by atoms with Gasteiger partial charge in [-0.1, -0.05) is 0 Å². The van der Waals surface area contributed by atoms with E-state index in [0.717, 1.165) is 18.5 Å². The molecule has 0 atom stereocenters. The normalized spacial score (nSPS) is 13.0. The lowest BCUT2D eigenvalue weighted by atomic mass is 10.2. The van der Waals surface area contributed by atoms with Gasteiger partial charge in [0.05, 0.1) is 30.4 Å². The van der Waals surface area contributed by atoms with Gasteiger partial charge >= 0.3 is 11.9 Å². The lowest BCUT2D eigenvalue weighted by Gasteiger charge is -2.02. The largest absolute Gasteiger partial charge is 0.490 e. The second kappa shape index (κ2) is 8.68. The van der Waals surface area contributed by atoms with Gasteiger partial charge in [0.25, 0.3) is 0 Å². The first-order chi connectivity index (χ1) is 10.8. The van der Waals surface area contributed by atoms with E-state index in [2.05, 4.69) is 32.3 Å². The summed E-state index contributed by atoms with van der Waals surface area (Å²) in [5, 5.41) is 21.4. The molecule has 1 aliphatic rings. The van der Waals surface area contributed by atoms with Crippen LogP contribution in [-0.4, -0.2) is 52.8 Å². The molecular weight excluding hydrogens is 372 g/mol. The number of hydrogen-bond donors (Lipinski definition) is 2. The number of carboxylic acids is 2. The van der Waals surface area contributed by atoms with Gasteiger partial charge in [-0.05, 0) is 35.4 Å². The van der Waals surface area contributed by atoms with Crippen molar-refractivity contribution < 1.29 is 29.3 Å². The van der Waals surface area contributed by atoms with Crippen LogP contribution in [0.2, 0.25) is 0 Å². The molecule has 2 rings (SSSR count). The number of methoxy groups -OCH3 is 2. The highest BCUT2D eigenvalue weighted by Crippen LogP contribution is 2.43. The van der Waals surface area contributed by atoms with Crippen LogP contribution in [0.4, 0.5) is 0 Å². The van der Waals surface area contributed by atoms with Gasteiger partial charge in [-0.2, -0.15) is 5.10 Å². The molecular formula is C14H19BrN2O6. The lowest BCUT2D eigenvalue weighted by molar-refractivity contribution is -0.136. The molecule has 0 radical (unpaired) electrons. The van der Waals surface area contributed by atoms with Crippen LogP contribution < -0.4 is 0 Å². The van der Waals surface area contributed by atoms with E-state index in [1.54, 1.807) is 7.11 Å². The second-order valence-electron chi connectivity index (χ2n) is 4.78. The highest BCUT2D eigenvalue weighted by molar-refractivity contribution is 9.10. The Hall–Kier alpha value is -1.87. The van der Waals surface area contributed by atoms with E-state index >= 15 is 0 Å². The van der Waals surface area contributed by atoms with Gasteiger partial charge in [0.2, 0.25) is 0 Å². The van der Waals surface area contributed by atoms with Gasteiger partial charge in [-0.25, -0.2) is 9.59 Å². The van der Waals surface area contributed by atoms with Crippen LogP contribution in [0.15, 0.2) is 16.8 Å². The molecule has 0 unspecified atom stereocenters. The number of carboxylic acid groups (broad SMARTS) is 2. The van der Waals surface area contributed by atoms with Crippen LogP contribution in [0.3, 0.4) is 0 Å². The van der Waals surface area contributed by atoms with Crippen molar-refractivity contribution in [2.45, 2.75) is 25.3 Å². The Morgan fingerprint density at radius 1 is 1.39 bits per heavy atom. The topological polar surface area (TPSA) is 111 Å². The van der Waals surface area contributed by atoms with Crippen LogP contribution in [-0.2, 0) is 20.8 Å². The van der Waals surface area contributed by atoms with Gasteiger partial charge in [0.15, 0.2) is 11.5 Å². The Balaban J connectivity index is 0.000000322. The standard InChI is InChI=1S/C10H13BrN2O3.C4H6O3/c1-16-5-4-13-9(10(14)15)7(11)8(12-13)6-2-3-6;1-3(7-2)4(5)6/h6H,2-5H2,1H3,(H,14,15);1H2,2H3,(H,5,6). The van der Waals surface area contributed by atoms with E-state index in [1.807, 2.05) is 0 Å². The quantitative estimate of drug-likeness (QED) is 0.541. The number of aromatic nitrogens is 2. The van der Waals surface area contributed by atoms with Crippen molar-refractivity contribution in [3.05, 3.63) is 28.2 Å². The lowest BCUT2D eigenvalue weighted by Crippen LogP contribution is -2.13. The van der Waals surface area contributed by atoms with E-state index in [1.165, 1.54) is 11.8 Å². The molecule has 0 spiro atoms. The number of rotatable bonds is 7. The Morgan fingerprint density at radius 2 is 2.00 bits per heavy atom. The summed E-state index contributed by atoms with van der Waals surface area (Å²) in [6.45, 7) is 3.97. The molecule has 0 bridgehead atoms. The molecule has 1 aromatic rings. The summed E-state index contributed by atoms with van der Waals surface area (Å²) in [4.78, 5) is 20.8. The van der Waals surface area contributed by atoms with Crippen molar-refractivity contribution in [1.82, 2.24) is 9.78 Å². The van der Waals surface area contributed by atoms with Gasteiger partial charge in [0.1, 0.15) is 0 Å². The van der Waals surface area contributed by atoms with E-state index < -0.39 is 11.9 Å². The van der Waals surface area contributed by atoms with Crippen molar-refractivity contribution in [1.29, 1.82) is 0 Å². The number of aliphatic carboxylic acids is 1. The minimum Gasteiger partial charge on any atom is -0.490 e. The molecule has 8 nitrogen and oxygen atoms in total. The van der Waals surface area contributed by atoms with Crippen molar-refractivity contribution in [2.24, 2.45) is 0 Å². The number of aromatic carboxylic acids is 1. The summed E-state index contributed by atoms with van der Waals surface area (Å²) >= 11 is 3.33. The first-order valence-electron chi connectivity index (χ1n) is 6.78. The highest BCUT2D eigenvalue weighted by Gasteiger charge is 2.32. The smallest absolute Gasteiger partial charge is 0.370 e. The number of halogens is 1. The summed E-state index contributed by atoms with van der Waals surface area (Å²) in [7, 11) is 2.84. The maximum absolute atomic E-state index is 11.1.